The van der Waals surface area contributed by atoms with Crippen molar-refractivity contribution in [3.63, 3.8) is 0 Å². The molecule has 0 aliphatic carbocycles. The van der Waals surface area contributed by atoms with Crippen molar-refractivity contribution in [2.24, 2.45) is 0 Å². The molecule has 0 saturated carbocycles. The molecule has 1 unspecified atom stereocenters. The zero-order chi connectivity index (χ0) is 14.0. The van der Waals surface area contributed by atoms with Crippen molar-refractivity contribution in [1.82, 2.24) is 24.6 Å². The van der Waals surface area contributed by atoms with E-state index in [1.807, 2.05) is 12.1 Å². The van der Waals surface area contributed by atoms with E-state index in [9.17, 15) is 8.42 Å². The number of nitrogens with zero attached hydrogens (tertiary/aromatic N) is 3. The summed E-state index contributed by atoms with van der Waals surface area (Å²) in [6.07, 6.45) is 6.08. The smallest absolute Gasteiger partial charge is 0.260 e. The van der Waals surface area contributed by atoms with Gasteiger partial charge in [0.2, 0.25) is 0 Å². The number of hydrogen-bond acceptors (Lipinski definition) is 5. The van der Waals surface area contributed by atoms with Crippen LogP contribution in [0.4, 0.5) is 0 Å². The normalized spacial score (nSPS) is 19.9. The fourth-order valence-electron chi connectivity index (χ4n) is 2.34. The maximum atomic E-state index is 12.6. The van der Waals surface area contributed by atoms with Crippen molar-refractivity contribution in [2.45, 2.75) is 11.1 Å². The fourth-order valence-corrected chi connectivity index (χ4v) is 3.85. The molecule has 0 aromatic carbocycles. The second-order valence-electron chi connectivity index (χ2n) is 4.54. The van der Waals surface area contributed by atoms with Crippen molar-refractivity contribution in [3.05, 3.63) is 42.6 Å². The molecular weight excluding hydrogens is 314 g/mol. The summed E-state index contributed by atoms with van der Waals surface area (Å²) in [5.74, 6) is 0. The largest absolute Gasteiger partial charge is 0.335 e. The van der Waals surface area contributed by atoms with Gasteiger partial charge >= 0.3 is 0 Å². The molecule has 0 spiro atoms. The Morgan fingerprint density at radius 2 is 2.14 bits per heavy atom. The molecule has 3 rings (SSSR count). The van der Waals surface area contributed by atoms with Crippen LogP contribution in [-0.2, 0) is 10.0 Å². The van der Waals surface area contributed by atoms with Crippen LogP contribution >= 0.6 is 12.4 Å². The second kappa shape index (κ2) is 6.52. The molecule has 1 atom stereocenters. The summed E-state index contributed by atoms with van der Waals surface area (Å²) in [6.45, 7) is 1.62. The quantitative estimate of drug-likeness (QED) is 0.858. The van der Waals surface area contributed by atoms with Crippen LogP contribution in [0.2, 0.25) is 0 Å². The maximum absolute atomic E-state index is 12.6. The Hall–Kier alpha value is -1.48. The number of rotatable bonds is 3. The van der Waals surface area contributed by atoms with Crippen molar-refractivity contribution in [2.75, 3.05) is 19.6 Å². The van der Waals surface area contributed by atoms with Crippen LogP contribution in [0.25, 0.3) is 0 Å². The van der Waals surface area contributed by atoms with Gasteiger partial charge in [-0.15, -0.1) is 12.4 Å². The van der Waals surface area contributed by atoms with Crippen LogP contribution in [0.1, 0.15) is 11.6 Å². The molecule has 21 heavy (non-hydrogen) atoms. The molecule has 1 saturated heterocycles. The molecule has 7 nitrogen and oxygen atoms in total. The molecule has 1 aliphatic rings. The summed E-state index contributed by atoms with van der Waals surface area (Å²) >= 11 is 0. The molecule has 114 valence electrons. The average molecular weight is 330 g/mol. The predicted molar refractivity (Wildman–Crippen MR) is 79.6 cm³/mol. The Morgan fingerprint density at radius 3 is 2.81 bits per heavy atom. The molecule has 1 aliphatic heterocycles. The highest BCUT2D eigenvalue weighted by Crippen LogP contribution is 2.27. The number of aromatic amines is 1. The Labute approximate surface area is 129 Å². The summed E-state index contributed by atoms with van der Waals surface area (Å²) in [6, 6.07) is 3.44. The molecule has 9 heteroatoms. The van der Waals surface area contributed by atoms with Gasteiger partial charge in [0.15, 0.2) is 5.03 Å². The van der Waals surface area contributed by atoms with Gasteiger partial charge < -0.3 is 10.3 Å². The second-order valence-corrected chi connectivity index (χ2v) is 6.40. The topological polar surface area (TPSA) is 91.0 Å². The monoisotopic (exact) mass is 329 g/mol. The van der Waals surface area contributed by atoms with Crippen LogP contribution in [-0.4, -0.2) is 47.3 Å². The summed E-state index contributed by atoms with van der Waals surface area (Å²) in [4.78, 5) is 10.5. The third kappa shape index (κ3) is 3.08. The van der Waals surface area contributed by atoms with Crippen LogP contribution < -0.4 is 5.32 Å². The molecule has 0 radical (unpaired) electrons. The molecule has 2 N–H and O–H groups in total. The van der Waals surface area contributed by atoms with Crippen LogP contribution in [0.3, 0.4) is 0 Å². The fraction of sp³-hybridized carbons (Fsp3) is 0.333. The SMILES string of the molecule is Cl.O=S(=O)(c1cnc[nH]1)N1CCNCC1c1cccnc1. The number of imidazole rings is 1. The maximum Gasteiger partial charge on any atom is 0.260 e. The summed E-state index contributed by atoms with van der Waals surface area (Å²) < 4.78 is 26.8. The zero-order valence-corrected chi connectivity index (χ0v) is 12.8. The van der Waals surface area contributed by atoms with Gasteiger partial charge in [-0.05, 0) is 11.6 Å². The van der Waals surface area contributed by atoms with Gasteiger partial charge in [-0.3, -0.25) is 4.98 Å². The third-order valence-electron chi connectivity index (χ3n) is 3.32. The highest BCUT2D eigenvalue weighted by molar-refractivity contribution is 7.89. The Bertz CT molecular complexity index is 662. The summed E-state index contributed by atoms with van der Waals surface area (Å²) in [5.41, 5.74) is 0.878. The van der Waals surface area contributed by atoms with E-state index in [-0.39, 0.29) is 23.5 Å². The van der Waals surface area contributed by atoms with Gasteiger partial charge in [-0.2, -0.15) is 4.31 Å². The van der Waals surface area contributed by atoms with Crippen LogP contribution in [0, 0.1) is 0 Å². The Balaban J connectivity index is 0.00000161. The van der Waals surface area contributed by atoms with Crippen LogP contribution in [0.15, 0.2) is 42.1 Å². The molecule has 2 aromatic rings. The minimum atomic E-state index is -3.57. The van der Waals surface area contributed by atoms with E-state index in [0.29, 0.717) is 19.6 Å². The number of nitrogens with one attached hydrogen (secondary N) is 2. The first-order chi connectivity index (χ1) is 9.69. The van der Waals surface area contributed by atoms with Crippen molar-refractivity contribution >= 4 is 22.4 Å². The minimum Gasteiger partial charge on any atom is -0.335 e. The van der Waals surface area contributed by atoms with Gasteiger partial charge in [0.05, 0.1) is 18.6 Å². The molecule has 2 aromatic heterocycles. The van der Waals surface area contributed by atoms with E-state index in [4.69, 9.17) is 0 Å². The molecule has 3 heterocycles. The van der Waals surface area contributed by atoms with Crippen LogP contribution in [0.5, 0.6) is 0 Å². The van der Waals surface area contributed by atoms with E-state index >= 15 is 0 Å². The highest BCUT2D eigenvalue weighted by atomic mass is 35.5. The first-order valence-electron chi connectivity index (χ1n) is 6.30. The summed E-state index contributed by atoms with van der Waals surface area (Å²) in [5, 5.41) is 3.34. The first-order valence-corrected chi connectivity index (χ1v) is 7.74. The van der Waals surface area contributed by atoms with Gasteiger partial charge in [0.1, 0.15) is 0 Å². The predicted octanol–water partition coefficient (Wildman–Crippen LogP) is 0.562. The molecule has 1 fully saturated rings. The molecular formula is C12H16ClN5O2S. The van der Waals surface area contributed by atoms with Crippen molar-refractivity contribution in [1.29, 1.82) is 0 Å². The lowest BCUT2D eigenvalue weighted by Crippen LogP contribution is -2.48. The van der Waals surface area contributed by atoms with E-state index in [0.717, 1.165) is 5.56 Å². The zero-order valence-electron chi connectivity index (χ0n) is 11.1. The van der Waals surface area contributed by atoms with E-state index in [1.165, 1.54) is 16.8 Å². The average Bonchev–Trinajstić information content (AvgIpc) is 3.03. The lowest BCUT2D eigenvalue weighted by molar-refractivity contribution is 0.270. The minimum absolute atomic E-state index is 0. The molecule has 0 amide bonds. The standard InChI is InChI=1S/C12H15N5O2S.ClH/c18-20(19,12-8-15-9-16-12)17-5-4-14-7-11(17)10-2-1-3-13-6-10;/h1-3,6,8-9,11,14H,4-5,7H2,(H,15,16);1H. The number of pyridine rings is 1. The van der Waals surface area contributed by atoms with Gasteiger partial charge in [-0.1, -0.05) is 6.07 Å². The first kappa shape index (κ1) is 15.9. The number of aromatic nitrogens is 3. The number of sulfonamides is 1. The van der Waals surface area contributed by atoms with Crippen molar-refractivity contribution in [3.8, 4) is 0 Å². The third-order valence-corrected chi connectivity index (χ3v) is 5.16. The van der Waals surface area contributed by atoms with Crippen molar-refractivity contribution < 1.29 is 8.42 Å². The Morgan fingerprint density at radius 1 is 1.29 bits per heavy atom. The lowest BCUT2D eigenvalue weighted by atomic mass is 10.1. The highest BCUT2D eigenvalue weighted by Gasteiger charge is 2.35. The Kier molecular flexibility index (Phi) is 4.94. The number of hydrogen-bond donors (Lipinski definition) is 2. The van der Waals surface area contributed by atoms with E-state index in [1.54, 1.807) is 12.4 Å². The lowest BCUT2D eigenvalue weighted by Gasteiger charge is -2.34. The number of H-pyrrole nitrogens is 1. The van der Waals surface area contributed by atoms with Gasteiger partial charge in [0, 0.05) is 32.0 Å². The molecule has 0 bridgehead atoms. The number of halogens is 1. The number of piperazine rings is 1. The van der Waals surface area contributed by atoms with Gasteiger partial charge in [0.25, 0.3) is 10.0 Å². The summed E-state index contributed by atoms with van der Waals surface area (Å²) in [7, 11) is -3.57. The van der Waals surface area contributed by atoms with E-state index in [2.05, 4.69) is 20.3 Å². The van der Waals surface area contributed by atoms with E-state index < -0.39 is 10.0 Å². The van der Waals surface area contributed by atoms with Gasteiger partial charge in [-0.25, -0.2) is 13.4 Å².